The average molecular weight is 281 g/mol. The average Bonchev–Trinajstić information content (AvgIpc) is 2.49. The van der Waals surface area contributed by atoms with E-state index in [0.29, 0.717) is 11.1 Å². The van der Waals surface area contributed by atoms with Gasteiger partial charge in [0.1, 0.15) is 11.8 Å². The number of anilines is 1. The van der Waals surface area contributed by atoms with Crippen molar-refractivity contribution in [3.8, 4) is 11.8 Å². The molecule has 0 saturated heterocycles. The number of aromatic hydroxyl groups is 1. The minimum Gasteiger partial charge on any atom is -0.505 e. The van der Waals surface area contributed by atoms with Crippen molar-refractivity contribution in [2.75, 3.05) is 5.43 Å². The number of benzene rings is 2. The second-order valence-corrected chi connectivity index (χ2v) is 4.57. The molecule has 2 rings (SSSR count). The van der Waals surface area contributed by atoms with Crippen LogP contribution in [-0.4, -0.2) is 16.6 Å². The molecule has 106 valence electrons. The Kier molecular flexibility index (Phi) is 4.19. The van der Waals surface area contributed by atoms with Gasteiger partial charge in [-0.15, -0.1) is 0 Å². The number of carbonyl (C=O) groups is 1. The molecule has 0 bridgehead atoms. The Morgan fingerprint density at radius 3 is 2.62 bits per heavy atom. The van der Waals surface area contributed by atoms with E-state index >= 15 is 0 Å². The zero-order valence-electron chi connectivity index (χ0n) is 11.8. The highest BCUT2D eigenvalue weighted by molar-refractivity contribution is 6.45. The number of phenols is 1. The van der Waals surface area contributed by atoms with E-state index in [1.165, 1.54) is 6.92 Å². The van der Waals surface area contributed by atoms with Crippen LogP contribution in [0.2, 0.25) is 0 Å². The molecule has 0 saturated carbocycles. The first kappa shape index (κ1) is 14.5. The third-order valence-electron chi connectivity index (χ3n) is 3.21. The van der Waals surface area contributed by atoms with E-state index in [1.54, 1.807) is 12.1 Å². The molecule has 0 aliphatic heterocycles. The largest absolute Gasteiger partial charge is 0.505 e. The van der Waals surface area contributed by atoms with Gasteiger partial charge in [-0.25, -0.2) is 0 Å². The molecule has 0 aromatic heterocycles. The fourth-order valence-electron chi connectivity index (χ4n) is 2.11. The number of fused-ring (bicyclic) bond motifs is 1. The second-order valence-electron chi connectivity index (χ2n) is 4.57. The Morgan fingerprint density at radius 2 is 2.05 bits per heavy atom. The molecule has 0 atom stereocenters. The zero-order valence-corrected chi connectivity index (χ0v) is 11.8. The van der Waals surface area contributed by atoms with E-state index in [1.807, 2.05) is 31.2 Å². The Hall–Kier alpha value is -2.87. The van der Waals surface area contributed by atoms with Crippen molar-refractivity contribution in [3.63, 3.8) is 0 Å². The number of ketones is 1. The Bertz CT molecular complexity index is 773. The number of hydrazone groups is 1. The number of nitrogens with zero attached hydrogens (tertiary/aromatic N) is 2. The van der Waals surface area contributed by atoms with Crippen LogP contribution in [0, 0.1) is 11.3 Å². The first-order chi connectivity index (χ1) is 10.1. The first-order valence-corrected chi connectivity index (χ1v) is 6.56. The molecular weight excluding hydrogens is 266 g/mol. The third kappa shape index (κ3) is 2.84. The summed E-state index contributed by atoms with van der Waals surface area (Å²) in [6.07, 6.45) is 0.789. The van der Waals surface area contributed by atoms with Crippen LogP contribution < -0.4 is 5.43 Å². The maximum Gasteiger partial charge on any atom is 0.203 e. The van der Waals surface area contributed by atoms with Gasteiger partial charge in [0, 0.05) is 12.3 Å². The SMILES string of the molecule is CCc1cc(N/N=C(\C#N)C(C)=O)c(O)c2ccccc12. The van der Waals surface area contributed by atoms with Crippen LogP contribution in [0.1, 0.15) is 19.4 Å². The van der Waals surface area contributed by atoms with Gasteiger partial charge in [-0.3, -0.25) is 10.2 Å². The van der Waals surface area contributed by atoms with E-state index in [0.717, 1.165) is 17.4 Å². The van der Waals surface area contributed by atoms with Gasteiger partial charge in [0.2, 0.25) is 5.71 Å². The summed E-state index contributed by atoms with van der Waals surface area (Å²) in [7, 11) is 0. The van der Waals surface area contributed by atoms with Crippen molar-refractivity contribution in [2.24, 2.45) is 5.10 Å². The van der Waals surface area contributed by atoms with Gasteiger partial charge in [-0.1, -0.05) is 31.2 Å². The third-order valence-corrected chi connectivity index (χ3v) is 3.21. The summed E-state index contributed by atoms with van der Waals surface area (Å²) < 4.78 is 0. The summed E-state index contributed by atoms with van der Waals surface area (Å²) in [4.78, 5) is 11.2. The number of aryl methyl sites for hydroxylation is 1. The second kappa shape index (κ2) is 6.06. The van der Waals surface area contributed by atoms with E-state index in [2.05, 4.69) is 10.5 Å². The molecule has 5 heteroatoms. The number of nitrogens with one attached hydrogen (secondary N) is 1. The highest BCUT2D eigenvalue weighted by Crippen LogP contribution is 2.35. The molecule has 0 fully saturated rings. The lowest BCUT2D eigenvalue weighted by Gasteiger charge is -2.11. The molecule has 0 heterocycles. The van der Waals surface area contributed by atoms with Crippen LogP contribution in [0.3, 0.4) is 0 Å². The molecule has 0 spiro atoms. The van der Waals surface area contributed by atoms with Gasteiger partial charge in [0.05, 0.1) is 5.69 Å². The normalized spacial score (nSPS) is 11.2. The number of hydrogen-bond acceptors (Lipinski definition) is 5. The summed E-state index contributed by atoms with van der Waals surface area (Å²) in [5.74, 6) is -0.381. The standard InChI is InChI=1S/C16H15N3O2/c1-3-11-8-14(18-19-15(9-17)10(2)20)16(21)13-7-5-4-6-12(11)13/h4-8,18,21H,3H2,1-2H3/b19-15+. The number of phenolic OH excluding ortho intramolecular Hbond substituents is 1. The smallest absolute Gasteiger partial charge is 0.203 e. The summed E-state index contributed by atoms with van der Waals surface area (Å²) >= 11 is 0. The highest BCUT2D eigenvalue weighted by Gasteiger charge is 2.11. The van der Waals surface area contributed by atoms with Crippen LogP contribution in [0.25, 0.3) is 10.8 Å². The number of nitriles is 1. The Labute approximate surface area is 122 Å². The van der Waals surface area contributed by atoms with Crippen LogP contribution in [0.4, 0.5) is 5.69 Å². The quantitative estimate of drug-likeness (QED) is 0.512. The van der Waals surface area contributed by atoms with Crippen LogP contribution in [0.5, 0.6) is 5.75 Å². The fourth-order valence-corrected chi connectivity index (χ4v) is 2.11. The minimum atomic E-state index is -0.430. The van der Waals surface area contributed by atoms with Crippen molar-refractivity contribution < 1.29 is 9.90 Å². The summed E-state index contributed by atoms with van der Waals surface area (Å²) in [6.45, 7) is 3.28. The minimum absolute atomic E-state index is 0.0485. The van der Waals surface area contributed by atoms with Crippen molar-refractivity contribution in [2.45, 2.75) is 20.3 Å². The van der Waals surface area contributed by atoms with Gasteiger partial charge in [0.25, 0.3) is 0 Å². The number of rotatable bonds is 4. The van der Waals surface area contributed by atoms with Gasteiger partial charge in [-0.2, -0.15) is 10.4 Å². The molecule has 2 aromatic rings. The van der Waals surface area contributed by atoms with Crippen molar-refractivity contribution >= 4 is 28.0 Å². The zero-order chi connectivity index (χ0) is 15.4. The maximum absolute atomic E-state index is 11.2. The van der Waals surface area contributed by atoms with Crippen molar-refractivity contribution in [1.29, 1.82) is 5.26 Å². The molecule has 21 heavy (non-hydrogen) atoms. The van der Waals surface area contributed by atoms with Crippen molar-refractivity contribution in [3.05, 3.63) is 35.9 Å². The maximum atomic E-state index is 11.2. The Balaban J connectivity index is 2.53. The summed E-state index contributed by atoms with van der Waals surface area (Å²) in [5, 5.41) is 24.5. The summed E-state index contributed by atoms with van der Waals surface area (Å²) in [6, 6.07) is 11.0. The lowest BCUT2D eigenvalue weighted by Crippen LogP contribution is -2.09. The monoisotopic (exact) mass is 281 g/mol. The van der Waals surface area contributed by atoms with Gasteiger partial charge in [0.15, 0.2) is 5.78 Å². The highest BCUT2D eigenvalue weighted by atomic mass is 16.3. The van der Waals surface area contributed by atoms with Crippen LogP contribution in [-0.2, 0) is 11.2 Å². The van der Waals surface area contributed by atoms with E-state index < -0.39 is 5.78 Å². The predicted molar refractivity (Wildman–Crippen MR) is 82.3 cm³/mol. The van der Waals surface area contributed by atoms with E-state index in [4.69, 9.17) is 5.26 Å². The molecule has 2 N–H and O–H groups in total. The molecule has 0 aliphatic carbocycles. The lowest BCUT2D eigenvalue weighted by atomic mass is 10.0. The molecule has 2 aromatic carbocycles. The van der Waals surface area contributed by atoms with E-state index in [-0.39, 0.29) is 11.5 Å². The predicted octanol–water partition coefficient (Wildman–Crippen LogP) is 2.99. The van der Waals surface area contributed by atoms with Crippen LogP contribution in [0.15, 0.2) is 35.4 Å². The molecule has 0 aliphatic rings. The molecule has 0 radical (unpaired) electrons. The molecule has 0 amide bonds. The topological polar surface area (TPSA) is 85.5 Å². The molecule has 0 unspecified atom stereocenters. The number of Topliss-reactive ketones (excluding diaryl/α,β-unsaturated/α-hetero) is 1. The van der Waals surface area contributed by atoms with Gasteiger partial charge >= 0.3 is 0 Å². The van der Waals surface area contributed by atoms with Gasteiger partial charge < -0.3 is 5.11 Å². The summed E-state index contributed by atoms with van der Waals surface area (Å²) in [5.41, 5.74) is 3.79. The van der Waals surface area contributed by atoms with Crippen LogP contribution >= 0.6 is 0 Å². The lowest BCUT2D eigenvalue weighted by molar-refractivity contribution is -0.110. The molecular formula is C16H15N3O2. The fraction of sp³-hybridized carbons (Fsp3) is 0.188. The molecule has 5 nitrogen and oxygen atoms in total. The Morgan fingerprint density at radius 1 is 1.38 bits per heavy atom. The first-order valence-electron chi connectivity index (χ1n) is 6.56. The van der Waals surface area contributed by atoms with Gasteiger partial charge in [-0.05, 0) is 23.4 Å². The van der Waals surface area contributed by atoms with Crippen molar-refractivity contribution in [1.82, 2.24) is 0 Å². The van der Waals surface area contributed by atoms with E-state index in [9.17, 15) is 9.90 Å². The number of hydrogen-bond donors (Lipinski definition) is 2. The number of carbonyl (C=O) groups excluding carboxylic acids is 1.